The number of nitrogens with zero attached hydrogens (tertiary/aromatic N) is 3. The van der Waals surface area contributed by atoms with Crippen LogP contribution in [0.1, 0.15) is 63.0 Å². The zero-order chi connectivity index (χ0) is 19.8. The third-order valence-electron chi connectivity index (χ3n) is 5.25. The summed E-state index contributed by atoms with van der Waals surface area (Å²) in [7, 11) is 0. The van der Waals surface area contributed by atoms with Gasteiger partial charge in [0.1, 0.15) is 5.82 Å². The van der Waals surface area contributed by atoms with Crippen LogP contribution in [-0.2, 0) is 0 Å². The molecule has 0 bridgehead atoms. The Bertz CT molecular complexity index is 830. The molecule has 0 unspecified atom stereocenters. The molecule has 1 aliphatic rings. The van der Waals surface area contributed by atoms with Gasteiger partial charge >= 0.3 is 0 Å². The highest BCUT2D eigenvalue weighted by Gasteiger charge is 2.44. The average Bonchev–Trinajstić information content (AvgIpc) is 2.56. The van der Waals surface area contributed by atoms with Gasteiger partial charge in [-0.2, -0.15) is 0 Å². The minimum absolute atomic E-state index is 0.0253. The van der Waals surface area contributed by atoms with Crippen molar-refractivity contribution in [2.75, 3.05) is 5.32 Å². The minimum Gasteiger partial charge on any atom is -0.338 e. The second-order valence-electron chi connectivity index (χ2n) is 8.49. The summed E-state index contributed by atoms with van der Waals surface area (Å²) in [5.74, 6) is 0.485. The normalized spacial score (nSPS) is 18.2. The number of amides is 1. The first-order valence-electron chi connectivity index (χ1n) is 9.30. The number of pyridine rings is 2. The van der Waals surface area contributed by atoms with Crippen molar-refractivity contribution < 1.29 is 4.79 Å². The molecule has 1 saturated heterocycles. The molecule has 2 aromatic rings. The fourth-order valence-electron chi connectivity index (χ4n) is 4.00. The summed E-state index contributed by atoms with van der Waals surface area (Å²) in [4.78, 5) is 23.9. The minimum atomic E-state index is -0.199. The topological polar surface area (TPSA) is 58.1 Å². The van der Waals surface area contributed by atoms with Gasteiger partial charge < -0.3 is 10.2 Å². The molecule has 0 aliphatic carbocycles. The summed E-state index contributed by atoms with van der Waals surface area (Å²) in [6.45, 7) is 10.4. The molecule has 27 heavy (non-hydrogen) atoms. The van der Waals surface area contributed by atoms with E-state index in [1.165, 1.54) is 0 Å². The highest BCUT2D eigenvalue weighted by molar-refractivity contribution is 6.33. The number of aromatic nitrogens is 2. The Morgan fingerprint density at radius 3 is 2.33 bits per heavy atom. The third kappa shape index (κ3) is 4.08. The average molecular weight is 387 g/mol. The summed E-state index contributed by atoms with van der Waals surface area (Å²) in [5, 5.41) is 3.56. The van der Waals surface area contributed by atoms with Crippen molar-refractivity contribution in [2.45, 2.75) is 65.0 Å². The quantitative estimate of drug-likeness (QED) is 0.770. The molecule has 144 valence electrons. The van der Waals surface area contributed by atoms with E-state index in [-0.39, 0.29) is 17.0 Å². The first-order valence-corrected chi connectivity index (χ1v) is 9.68. The molecule has 3 heterocycles. The summed E-state index contributed by atoms with van der Waals surface area (Å²) >= 11 is 6.42. The van der Waals surface area contributed by atoms with Gasteiger partial charge in [0.05, 0.1) is 22.5 Å². The number of carbonyl (C=O) groups excluding carboxylic acids is 1. The van der Waals surface area contributed by atoms with Gasteiger partial charge in [-0.15, -0.1) is 0 Å². The van der Waals surface area contributed by atoms with Crippen LogP contribution in [0.5, 0.6) is 0 Å². The number of nitrogens with one attached hydrogen (secondary N) is 1. The maximum atomic E-state index is 13.3. The molecule has 6 heteroatoms. The molecule has 1 amide bonds. The molecule has 0 aromatic carbocycles. The summed E-state index contributed by atoms with van der Waals surface area (Å²) < 4.78 is 0. The fraction of sp³-hybridized carbons (Fsp3) is 0.476. The Hall–Kier alpha value is -2.14. The van der Waals surface area contributed by atoms with E-state index in [1.54, 1.807) is 18.5 Å². The highest BCUT2D eigenvalue weighted by atomic mass is 35.5. The van der Waals surface area contributed by atoms with Gasteiger partial charge in [0, 0.05) is 23.0 Å². The van der Waals surface area contributed by atoms with Crippen molar-refractivity contribution in [3.05, 3.63) is 46.9 Å². The van der Waals surface area contributed by atoms with E-state index in [0.29, 0.717) is 16.4 Å². The van der Waals surface area contributed by atoms with Crippen molar-refractivity contribution >= 4 is 29.0 Å². The number of anilines is 2. The first kappa shape index (κ1) is 19.6. The molecule has 1 fully saturated rings. The van der Waals surface area contributed by atoms with E-state index in [4.69, 9.17) is 11.6 Å². The molecule has 2 aromatic heterocycles. The molecule has 0 atom stereocenters. The molecule has 0 radical (unpaired) electrons. The van der Waals surface area contributed by atoms with Crippen LogP contribution in [0, 0.1) is 6.92 Å². The van der Waals surface area contributed by atoms with Gasteiger partial charge in [0.2, 0.25) is 0 Å². The highest BCUT2D eigenvalue weighted by Crippen LogP contribution is 2.39. The van der Waals surface area contributed by atoms with Gasteiger partial charge in [-0.1, -0.05) is 11.6 Å². The predicted octanol–water partition coefficient (Wildman–Crippen LogP) is 5.37. The predicted molar refractivity (Wildman–Crippen MR) is 110 cm³/mol. The number of rotatable bonds is 3. The standard InChI is InChI=1S/C21H27ClN4O/c1-14-7-8-16(13-23-14)25-18-17(22)11-15(12-24-18)19(27)26-20(2,3)9-6-10-21(26,4)5/h7-8,11-13H,6,9-10H2,1-5H3,(H,24,25). The molecule has 1 N–H and O–H groups in total. The fourth-order valence-corrected chi connectivity index (χ4v) is 4.21. The van der Waals surface area contributed by atoms with Crippen molar-refractivity contribution in [2.24, 2.45) is 0 Å². The molecule has 3 rings (SSSR count). The van der Waals surface area contributed by atoms with Gasteiger partial charge in [0.15, 0.2) is 0 Å². The zero-order valence-corrected chi connectivity index (χ0v) is 17.4. The monoisotopic (exact) mass is 386 g/mol. The van der Waals surface area contributed by atoms with E-state index in [1.807, 2.05) is 24.0 Å². The molecule has 0 saturated carbocycles. The number of halogens is 1. The lowest BCUT2D eigenvalue weighted by Gasteiger charge is -2.53. The van der Waals surface area contributed by atoms with Crippen LogP contribution in [0.2, 0.25) is 5.02 Å². The summed E-state index contributed by atoms with van der Waals surface area (Å²) in [6, 6.07) is 5.52. The SMILES string of the molecule is Cc1ccc(Nc2ncc(C(=O)N3C(C)(C)CCCC3(C)C)cc2Cl)cn1. The maximum absolute atomic E-state index is 13.3. The van der Waals surface area contributed by atoms with Gasteiger partial charge in [0.25, 0.3) is 5.91 Å². The Morgan fingerprint density at radius 1 is 1.11 bits per heavy atom. The Labute approximate surface area is 166 Å². The number of hydrogen-bond donors (Lipinski definition) is 1. The maximum Gasteiger partial charge on any atom is 0.256 e. The van der Waals surface area contributed by atoms with Crippen LogP contribution in [0.3, 0.4) is 0 Å². The van der Waals surface area contributed by atoms with E-state index in [2.05, 4.69) is 43.0 Å². The van der Waals surface area contributed by atoms with E-state index >= 15 is 0 Å². The van der Waals surface area contributed by atoms with Crippen molar-refractivity contribution in [1.82, 2.24) is 14.9 Å². The lowest BCUT2D eigenvalue weighted by Crippen LogP contribution is -2.60. The summed E-state index contributed by atoms with van der Waals surface area (Å²) in [6.07, 6.45) is 6.42. The van der Waals surface area contributed by atoms with Crippen LogP contribution in [0.15, 0.2) is 30.6 Å². The molecule has 0 spiro atoms. The van der Waals surface area contributed by atoms with Crippen LogP contribution in [0.4, 0.5) is 11.5 Å². The van der Waals surface area contributed by atoms with E-state index in [9.17, 15) is 4.79 Å². The largest absolute Gasteiger partial charge is 0.338 e. The Balaban J connectivity index is 1.86. The van der Waals surface area contributed by atoms with Crippen LogP contribution >= 0.6 is 11.6 Å². The summed E-state index contributed by atoms with van der Waals surface area (Å²) in [5.41, 5.74) is 1.85. The number of aryl methyl sites for hydroxylation is 1. The number of piperidine rings is 1. The van der Waals surface area contributed by atoms with Gasteiger partial charge in [-0.25, -0.2) is 4.98 Å². The van der Waals surface area contributed by atoms with E-state index in [0.717, 1.165) is 30.6 Å². The van der Waals surface area contributed by atoms with E-state index < -0.39 is 0 Å². The van der Waals surface area contributed by atoms with Crippen LogP contribution < -0.4 is 5.32 Å². The Morgan fingerprint density at radius 2 is 1.78 bits per heavy atom. The van der Waals surface area contributed by atoms with Crippen LogP contribution in [-0.4, -0.2) is 31.9 Å². The zero-order valence-electron chi connectivity index (χ0n) is 16.6. The lowest BCUT2D eigenvalue weighted by molar-refractivity contribution is -0.0112. The smallest absolute Gasteiger partial charge is 0.256 e. The van der Waals surface area contributed by atoms with Crippen molar-refractivity contribution in [1.29, 1.82) is 0 Å². The molecular formula is C21H27ClN4O. The third-order valence-corrected chi connectivity index (χ3v) is 5.54. The van der Waals surface area contributed by atoms with Crippen LogP contribution in [0.25, 0.3) is 0 Å². The van der Waals surface area contributed by atoms with Crippen molar-refractivity contribution in [3.8, 4) is 0 Å². The van der Waals surface area contributed by atoms with Gasteiger partial charge in [-0.05, 0) is 72.1 Å². The molecule has 5 nitrogen and oxygen atoms in total. The Kier molecular flexibility index (Phi) is 5.17. The number of carbonyl (C=O) groups is 1. The molecular weight excluding hydrogens is 360 g/mol. The second kappa shape index (κ2) is 7.12. The molecule has 1 aliphatic heterocycles. The first-order chi connectivity index (χ1) is 12.6. The second-order valence-corrected chi connectivity index (χ2v) is 8.89. The number of hydrogen-bond acceptors (Lipinski definition) is 4. The number of likely N-dealkylation sites (tertiary alicyclic amines) is 1. The van der Waals surface area contributed by atoms with Gasteiger partial charge in [-0.3, -0.25) is 9.78 Å². The lowest BCUT2D eigenvalue weighted by atomic mass is 9.79. The van der Waals surface area contributed by atoms with Crippen molar-refractivity contribution in [3.63, 3.8) is 0 Å².